The average molecular weight is 335 g/mol. The normalized spacial score (nSPS) is 14.1. The molecular weight excluding hydrogens is 306 g/mol. The summed E-state index contributed by atoms with van der Waals surface area (Å²) in [6.07, 6.45) is 5.78. The molecule has 2 aromatic carbocycles. The van der Waals surface area contributed by atoms with Gasteiger partial charge in [0.2, 0.25) is 0 Å². The van der Waals surface area contributed by atoms with Crippen LogP contribution in [0.25, 0.3) is 5.57 Å². The fourth-order valence-corrected chi connectivity index (χ4v) is 3.77. The van der Waals surface area contributed by atoms with E-state index < -0.39 is 0 Å². The molecule has 2 aromatic rings. The maximum atomic E-state index is 10.00. The van der Waals surface area contributed by atoms with Crippen molar-refractivity contribution in [1.29, 1.82) is 0 Å². The van der Waals surface area contributed by atoms with Crippen molar-refractivity contribution in [3.63, 3.8) is 0 Å². The quantitative estimate of drug-likeness (QED) is 0.799. The van der Waals surface area contributed by atoms with Crippen LogP contribution in [0.15, 0.2) is 48.0 Å². The summed E-state index contributed by atoms with van der Waals surface area (Å²) in [4.78, 5) is 2.24. The smallest absolute Gasteiger partial charge is 0.116 e. The Kier molecular flexibility index (Phi) is 5.60. The largest absolute Gasteiger partial charge is 0.508 e. The van der Waals surface area contributed by atoms with E-state index in [1.165, 1.54) is 40.7 Å². The summed E-state index contributed by atoms with van der Waals surface area (Å²) in [7, 11) is 4.25. The number of hydrogen-bond donors (Lipinski definition) is 1. The zero-order valence-electron chi connectivity index (χ0n) is 15.7. The Morgan fingerprint density at radius 1 is 1.04 bits per heavy atom. The molecule has 132 valence electrons. The van der Waals surface area contributed by atoms with Crippen LogP contribution in [-0.2, 0) is 12.8 Å². The summed E-state index contributed by atoms with van der Waals surface area (Å²) in [6.45, 7) is 3.20. The van der Waals surface area contributed by atoms with Gasteiger partial charge in [-0.1, -0.05) is 43.7 Å². The molecule has 1 N–H and O–H groups in total. The number of aromatic hydroxyl groups is 1. The number of nitrogens with zero attached hydrogens (tertiary/aromatic N) is 1. The Balaban J connectivity index is 2.12. The molecule has 0 heterocycles. The predicted octanol–water partition coefficient (Wildman–Crippen LogP) is 5.04. The highest BCUT2D eigenvalue weighted by Gasteiger charge is 2.21. The van der Waals surface area contributed by atoms with Crippen molar-refractivity contribution in [2.45, 2.75) is 39.0 Å². The Bertz CT molecular complexity index is 773. The highest BCUT2D eigenvalue weighted by molar-refractivity contribution is 5.85. The van der Waals surface area contributed by atoms with Crippen molar-refractivity contribution in [2.75, 3.05) is 20.6 Å². The monoisotopic (exact) mass is 335 g/mol. The van der Waals surface area contributed by atoms with Gasteiger partial charge in [0.15, 0.2) is 0 Å². The van der Waals surface area contributed by atoms with Crippen LogP contribution in [0.5, 0.6) is 5.75 Å². The molecule has 25 heavy (non-hydrogen) atoms. The van der Waals surface area contributed by atoms with E-state index in [1.807, 2.05) is 12.1 Å². The maximum absolute atomic E-state index is 10.00. The first-order chi connectivity index (χ1) is 12.1. The number of hydrogen-bond acceptors (Lipinski definition) is 2. The minimum atomic E-state index is 0.337. The minimum Gasteiger partial charge on any atom is -0.508 e. The topological polar surface area (TPSA) is 23.5 Å². The van der Waals surface area contributed by atoms with Gasteiger partial charge in [0.25, 0.3) is 0 Å². The standard InChI is InChI=1S/C23H29NO/c1-4-5-7-17-10-11-18-12-13-20(16-24(2)3)23(22(18)14-17)19-8-6-9-21(25)15-19/h6,8-11,14-15,25H,4-5,7,12-13,16H2,1-3H3. The van der Waals surface area contributed by atoms with Gasteiger partial charge < -0.3 is 10.0 Å². The molecule has 0 bridgehead atoms. The Labute approximate surface area is 151 Å². The molecule has 0 saturated heterocycles. The molecule has 3 rings (SSSR count). The van der Waals surface area contributed by atoms with Crippen molar-refractivity contribution in [3.05, 3.63) is 70.3 Å². The maximum Gasteiger partial charge on any atom is 0.116 e. The summed E-state index contributed by atoms with van der Waals surface area (Å²) in [5.41, 5.74) is 8.14. The first kappa shape index (κ1) is 17.8. The number of phenolic OH excluding ortho intramolecular Hbond substituents is 1. The van der Waals surface area contributed by atoms with Gasteiger partial charge in [-0.2, -0.15) is 0 Å². The Morgan fingerprint density at radius 2 is 1.88 bits per heavy atom. The molecule has 0 fully saturated rings. The summed E-state index contributed by atoms with van der Waals surface area (Å²) in [5.74, 6) is 0.337. The van der Waals surface area contributed by atoms with E-state index in [2.05, 4.69) is 50.2 Å². The minimum absolute atomic E-state index is 0.337. The molecule has 0 unspecified atom stereocenters. The van der Waals surface area contributed by atoms with Crippen molar-refractivity contribution in [3.8, 4) is 5.75 Å². The van der Waals surface area contributed by atoms with Crippen LogP contribution in [-0.4, -0.2) is 30.6 Å². The second-order valence-electron chi connectivity index (χ2n) is 7.36. The van der Waals surface area contributed by atoms with Gasteiger partial charge in [-0.15, -0.1) is 0 Å². The SMILES string of the molecule is CCCCc1ccc2c(c1)C(c1cccc(O)c1)=C(CN(C)C)CC2. The molecule has 0 radical (unpaired) electrons. The highest BCUT2D eigenvalue weighted by atomic mass is 16.3. The number of unbranched alkanes of at least 4 members (excludes halogenated alkanes) is 1. The zero-order chi connectivity index (χ0) is 17.8. The van der Waals surface area contributed by atoms with Crippen LogP contribution >= 0.6 is 0 Å². The molecule has 0 atom stereocenters. The van der Waals surface area contributed by atoms with Crippen LogP contribution < -0.4 is 0 Å². The van der Waals surface area contributed by atoms with Gasteiger partial charge >= 0.3 is 0 Å². The first-order valence-electron chi connectivity index (χ1n) is 9.36. The van der Waals surface area contributed by atoms with Gasteiger partial charge in [0, 0.05) is 6.54 Å². The van der Waals surface area contributed by atoms with Crippen molar-refractivity contribution in [2.24, 2.45) is 0 Å². The Hall–Kier alpha value is -2.06. The molecule has 1 aliphatic carbocycles. The van der Waals surface area contributed by atoms with Gasteiger partial charge in [-0.3, -0.25) is 0 Å². The van der Waals surface area contributed by atoms with Crippen LogP contribution in [0.2, 0.25) is 0 Å². The summed E-state index contributed by atoms with van der Waals surface area (Å²) in [5, 5.41) is 10.00. The second kappa shape index (κ2) is 7.88. The fourth-order valence-electron chi connectivity index (χ4n) is 3.77. The van der Waals surface area contributed by atoms with Crippen LogP contribution in [0, 0.1) is 0 Å². The number of likely N-dealkylation sites (N-methyl/N-ethyl adjacent to an activating group) is 1. The summed E-state index contributed by atoms with van der Waals surface area (Å²) in [6, 6.07) is 14.7. The number of rotatable bonds is 6. The van der Waals surface area contributed by atoms with E-state index in [-0.39, 0.29) is 0 Å². The molecular formula is C23H29NO. The number of fused-ring (bicyclic) bond motifs is 1. The third-order valence-corrected chi connectivity index (χ3v) is 4.95. The first-order valence-corrected chi connectivity index (χ1v) is 9.36. The molecule has 2 nitrogen and oxygen atoms in total. The summed E-state index contributed by atoms with van der Waals surface area (Å²) >= 11 is 0. The number of aryl methyl sites for hydroxylation is 2. The molecule has 0 aliphatic heterocycles. The number of benzene rings is 2. The Morgan fingerprint density at radius 3 is 2.60 bits per heavy atom. The highest BCUT2D eigenvalue weighted by Crippen LogP contribution is 2.38. The lowest BCUT2D eigenvalue weighted by Gasteiger charge is -2.26. The fraction of sp³-hybridized carbons (Fsp3) is 0.391. The molecule has 0 amide bonds. The molecule has 0 saturated carbocycles. The lowest BCUT2D eigenvalue weighted by molar-refractivity contribution is 0.439. The van der Waals surface area contributed by atoms with Gasteiger partial charge in [-0.05, 0) is 85.3 Å². The molecule has 0 spiro atoms. The van der Waals surface area contributed by atoms with Crippen LogP contribution in [0.3, 0.4) is 0 Å². The van der Waals surface area contributed by atoms with E-state index in [0.29, 0.717) is 5.75 Å². The third kappa shape index (κ3) is 4.13. The van der Waals surface area contributed by atoms with E-state index in [1.54, 1.807) is 6.07 Å². The lowest BCUT2D eigenvalue weighted by Crippen LogP contribution is -2.19. The lowest BCUT2D eigenvalue weighted by atomic mass is 9.81. The van der Waals surface area contributed by atoms with Gasteiger partial charge in [0.1, 0.15) is 5.75 Å². The number of phenols is 1. The van der Waals surface area contributed by atoms with E-state index in [9.17, 15) is 5.11 Å². The van der Waals surface area contributed by atoms with E-state index in [0.717, 1.165) is 31.4 Å². The molecule has 0 aromatic heterocycles. The summed E-state index contributed by atoms with van der Waals surface area (Å²) < 4.78 is 0. The van der Waals surface area contributed by atoms with Crippen LogP contribution in [0.1, 0.15) is 48.4 Å². The van der Waals surface area contributed by atoms with Crippen molar-refractivity contribution >= 4 is 5.57 Å². The van der Waals surface area contributed by atoms with Gasteiger partial charge in [-0.25, -0.2) is 0 Å². The van der Waals surface area contributed by atoms with Crippen LogP contribution in [0.4, 0.5) is 0 Å². The second-order valence-corrected chi connectivity index (χ2v) is 7.36. The zero-order valence-corrected chi connectivity index (χ0v) is 15.7. The van der Waals surface area contributed by atoms with E-state index >= 15 is 0 Å². The van der Waals surface area contributed by atoms with Crippen molar-refractivity contribution in [1.82, 2.24) is 4.90 Å². The van der Waals surface area contributed by atoms with Crippen molar-refractivity contribution < 1.29 is 5.11 Å². The average Bonchev–Trinajstić information content (AvgIpc) is 2.59. The van der Waals surface area contributed by atoms with E-state index in [4.69, 9.17) is 0 Å². The molecule has 2 heteroatoms. The third-order valence-electron chi connectivity index (χ3n) is 4.95. The predicted molar refractivity (Wildman–Crippen MR) is 106 cm³/mol. The molecule has 1 aliphatic rings. The van der Waals surface area contributed by atoms with Gasteiger partial charge in [0.05, 0.1) is 0 Å².